The van der Waals surface area contributed by atoms with Gasteiger partial charge in [0.15, 0.2) is 5.78 Å². The molecule has 4 rings (SSSR count). The molecule has 266 valence electrons. The van der Waals surface area contributed by atoms with Gasteiger partial charge in [0, 0.05) is 54.4 Å². The summed E-state index contributed by atoms with van der Waals surface area (Å²) in [6, 6.07) is 9.39. The molecule has 0 spiro atoms. The number of alkyl halides is 6. The molecule has 1 saturated heterocycles. The Morgan fingerprint density at radius 1 is 0.959 bits per heavy atom. The van der Waals surface area contributed by atoms with Crippen LogP contribution in [-0.4, -0.2) is 84.2 Å². The molecule has 1 aliphatic rings. The summed E-state index contributed by atoms with van der Waals surface area (Å²) < 4.78 is 64.8. The number of aliphatic hydroxyl groups is 1. The number of rotatable bonds is 8. The third kappa shape index (κ3) is 11.6. The molecule has 49 heavy (non-hydrogen) atoms. The number of carbonyl (C=O) groups excluding carboxylic acids is 3. The predicted molar refractivity (Wildman–Crippen MR) is 157 cm³/mol. The molecule has 0 aliphatic carbocycles. The van der Waals surface area contributed by atoms with Gasteiger partial charge in [-0.05, 0) is 54.3 Å². The smallest absolute Gasteiger partial charge is 0.475 e. The summed E-state index contributed by atoms with van der Waals surface area (Å²) in [4.78, 5) is 62.4. The van der Waals surface area contributed by atoms with E-state index in [2.05, 4.69) is 10.3 Å². The molecule has 0 bridgehead atoms. The molecule has 1 atom stereocenters. The molecular formula is C29H28ClF6N5O8. The number of nitrogens with zero attached hydrogens (tertiary/aromatic N) is 3. The number of pyridine rings is 1. The van der Waals surface area contributed by atoms with Gasteiger partial charge in [0.05, 0.1) is 0 Å². The lowest BCUT2D eigenvalue weighted by atomic mass is 10.1. The highest BCUT2D eigenvalue weighted by Gasteiger charge is 2.39. The molecule has 0 saturated carbocycles. The summed E-state index contributed by atoms with van der Waals surface area (Å²) in [5, 5.41) is 27.5. The van der Waals surface area contributed by atoms with Crippen molar-refractivity contribution in [3.05, 3.63) is 88.0 Å². The lowest BCUT2D eigenvalue weighted by molar-refractivity contribution is -0.193. The first-order valence-corrected chi connectivity index (χ1v) is 14.1. The SMILES string of the molecule is NCc1ccc(Cl)cc1CNC(=O)[C@@H]1CCCN1C(=O)c1cc(C(=O)c2cccnc2)cn1CO.O=C(O)C(F)(F)F.O=C(O)C(F)(F)F. The number of aromatic nitrogens is 2. The van der Waals surface area contributed by atoms with Crippen LogP contribution in [0, 0.1) is 0 Å². The Labute approximate surface area is 277 Å². The van der Waals surface area contributed by atoms with Crippen LogP contribution >= 0.6 is 11.6 Å². The number of ketones is 1. The Hall–Kier alpha value is -5.01. The summed E-state index contributed by atoms with van der Waals surface area (Å²) in [7, 11) is 0. The van der Waals surface area contributed by atoms with Crippen LogP contribution in [0.1, 0.15) is 50.4 Å². The van der Waals surface area contributed by atoms with Crippen molar-refractivity contribution in [2.75, 3.05) is 6.54 Å². The van der Waals surface area contributed by atoms with Crippen LogP contribution < -0.4 is 11.1 Å². The summed E-state index contributed by atoms with van der Waals surface area (Å²) in [6.45, 7) is 0.462. The molecule has 1 aliphatic heterocycles. The van der Waals surface area contributed by atoms with Gasteiger partial charge in [-0.2, -0.15) is 26.3 Å². The minimum atomic E-state index is -5.08. The van der Waals surface area contributed by atoms with Crippen LogP contribution in [-0.2, 0) is 34.2 Å². The Balaban J connectivity index is 0.000000500. The molecule has 2 aromatic heterocycles. The first-order valence-electron chi connectivity index (χ1n) is 13.7. The summed E-state index contributed by atoms with van der Waals surface area (Å²) >= 11 is 6.08. The summed E-state index contributed by atoms with van der Waals surface area (Å²) in [5.74, 6) is -6.54. The molecule has 1 aromatic carbocycles. The zero-order valence-corrected chi connectivity index (χ0v) is 25.7. The van der Waals surface area contributed by atoms with E-state index < -0.39 is 43.0 Å². The third-order valence-electron chi connectivity index (χ3n) is 6.60. The summed E-state index contributed by atoms with van der Waals surface area (Å²) in [6.07, 6.45) is -4.56. The fourth-order valence-corrected chi connectivity index (χ4v) is 4.48. The maximum atomic E-state index is 13.4. The monoisotopic (exact) mass is 723 g/mol. The van der Waals surface area contributed by atoms with Crippen LogP contribution in [0.4, 0.5) is 26.3 Å². The number of carboxylic acid groups (broad SMARTS) is 2. The number of hydrogen-bond acceptors (Lipinski definition) is 8. The van der Waals surface area contributed by atoms with Crippen molar-refractivity contribution < 1.29 is 65.6 Å². The maximum Gasteiger partial charge on any atom is 0.490 e. The van der Waals surface area contributed by atoms with Gasteiger partial charge in [-0.3, -0.25) is 19.4 Å². The quantitative estimate of drug-likeness (QED) is 0.169. The van der Waals surface area contributed by atoms with E-state index in [1.807, 2.05) is 6.07 Å². The Bertz CT molecular complexity index is 1630. The van der Waals surface area contributed by atoms with Gasteiger partial charge in [0.25, 0.3) is 5.91 Å². The Kier molecular flexibility index (Phi) is 14.3. The van der Waals surface area contributed by atoms with Gasteiger partial charge in [-0.15, -0.1) is 0 Å². The van der Waals surface area contributed by atoms with Crippen molar-refractivity contribution >= 4 is 41.1 Å². The van der Waals surface area contributed by atoms with E-state index in [1.54, 1.807) is 30.5 Å². The van der Waals surface area contributed by atoms with Crippen molar-refractivity contribution in [3.8, 4) is 0 Å². The lowest BCUT2D eigenvalue weighted by Crippen LogP contribution is -2.46. The number of hydrogen-bond donors (Lipinski definition) is 5. The topological polar surface area (TPSA) is 205 Å². The molecule has 6 N–H and O–H groups in total. The molecule has 2 amide bonds. The predicted octanol–water partition coefficient (Wildman–Crippen LogP) is 3.36. The Morgan fingerprint density at radius 2 is 1.57 bits per heavy atom. The first-order chi connectivity index (χ1) is 22.8. The van der Waals surface area contributed by atoms with Crippen LogP contribution in [0.2, 0.25) is 5.02 Å². The molecular weight excluding hydrogens is 696 g/mol. The number of carboxylic acids is 2. The number of nitrogens with one attached hydrogen (secondary N) is 1. The van der Waals surface area contributed by atoms with E-state index in [0.717, 1.165) is 11.1 Å². The lowest BCUT2D eigenvalue weighted by Gasteiger charge is -2.24. The standard InChI is InChI=1S/C25H26ClN5O4.2C2HF3O2/c26-20-6-5-16(11-27)18(9-20)13-29-24(34)21-4-2-8-31(21)25(35)22-10-19(14-30(22)15-32)23(33)17-3-1-7-28-12-17;2*3-2(4,5)1(6)7/h1,3,5-7,9-10,12,14,21,32H,2,4,8,11,13,15,27H2,(H,29,34);2*(H,6,7)/t21-;;/m0../s1. The van der Waals surface area contributed by atoms with Crippen molar-refractivity contribution in [1.29, 1.82) is 0 Å². The number of benzene rings is 1. The van der Waals surface area contributed by atoms with E-state index in [0.29, 0.717) is 36.5 Å². The van der Waals surface area contributed by atoms with Crippen LogP contribution in [0.25, 0.3) is 0 Å². The zero-order valence-electron chi connectivity index (χ0n) is 25.0. The van der Waals surface area contributed by atoms with E-state index in [9.17, 15) is 45.8 Å². The average molecular weight is 724 g/mol. The number of halogens is 7. The second-order valence-corrected chi connectivity index (χ2v) is 10.3. The van der Waals surface area contributed by atoms with Gasteiger partial charge < -0.3 is 35.8 Å². The van der Waals surface area contributed by atoms with Gasteiger partial charge in [0.1, 0.15) is 18.5 Å². The molecule has 13 nitrogen and oxygen atoms in total. The van der Waals surface area contributed by atoms with Crippen LogP contribution in [0.15, 0.2) is 55.0 Å². The van der Waals surface area contributed by atoms with Crippen LogP contribution in [0.5, 0.6) is 0 Å². The highest BCUT2D eigenvalue weighted by molar-refractivity contribution is 6.30. The number of nitrogens with two attached hydrogens (primary N) is 1. The van der Waals surface area contributed by atoms with E-state index in [1.165, 1.54) is 27.9 Å². The number of amides is 2. The van der Waals surface area contributed by atoms with Crippen molar-refractivity contribution in [2.24, 2.45) is 5.73 Å². The van der Waals surface area contributed by atoms with Gasteiger partial charge in [-0.1, -0.05) is 17.7 Å². The number of aliphatic hydroxyl groups excluding tert-OH is 1. The van der Waals surface area contributed by atoms with Gasteiger partial charge in [-0.25, -0.2) is 9.59 Å². The summed E-state index contributed by atoms with van der Waals surface area (Å²) in [5.41, 5.74) is 8.24. The first kappa shape index (κ1) is 40.2. The molecule has 0 unspecified atom stereocenters. The molecule has 1 fully saturated rings. The van der Waals surface area contributed by atoms with E-state index in [4.69, 9.17) is 37.1 Å². The van der Waals surface area contributed by atoms with Crippen molar-refractivity contribution in [3.63, 3.8) is 0 Å². The molecule has 3 heterocycles. The minimum Gasteiger partial charge on any atom is -0.475 e. The largest absolute Gasteiger partial charge is 0.490 e. The average Bonchev–Trinajstić information content (AvgIpc) is 3.71. The minimum absolute atomic E-state index is 0.139. The van der Waals surface area contributed by atoms with Crippen LogP contribution in [0.3, 0.4) is 0 Å². The highest BCUT2D eigenvalue weighted by Crippen LogP contribution is 2.23. The highest BCUT2D eigenvalue weighted by atomic mass is 35.5. The van der Waals surface area contributed by atoms with E-state index >= 15 is 0 Å². The number of carbonyl (C=O) groups is 5. The number of aliphatic carboxylic acids is 2. The molecule has 3 aromatic rings. The van der Waals surface area contributed by atoms with Gasteiger partial charge in [0.2, 0.25) is 5.91 Å². The van der Waals surface area contributed by atoms with E-state index in [-0.39, 0.29) is 29.5 Å². The fourth-order valence-electron chi connectivity index (χ4n) is 4.28. The van der Waals surface area contributed by atoms with Crippen molar-refractivity contribution in [1.82, 2.24) is 19.8 Å². The Morgan fingerprint density at radius 3 is 2.08 bits per heavy atom. The molecule has 20 heteroatoms. The molecule has 0 radical (unpaired) electrons. The van der Waals surface area contributed by atoms with Gasteiger partial charge >= 0.3 is 24.3 Å². The third-order valence-corrected chi connectivity index (χ3v) is 6.83. The second-order valence-electron chi connectivity index (χ2n) is 9.89. The maximum absolute atomic E-state index is 13.4. The number of likely N-dealkylation sites (tertiary alicyclic amines) is 1. The second kappa shape index (κ2) is 17.4. The fraction of sp³-hybridized carbons (Fsp3) is 0.310. The zero-order chi connectivity index (χ0) is 37.1. The normalized spacial score (nSPS) is 14.1. The van der Waals surface area contributed by atoms with Crippen molar-refractivity contribution in [2.45, 2.75) is 51.1 Å².